The Morgan fingerprint density at radius 2 is 2.00 bits per heavy atom. The molecule has 0 bridgehead atoms. The van der Waals surface area contributed by atoms with Gasteiger partial charge < -0.3 is 19.5 Å². The molecule has 2 aromatic carbocycles. The van der Waals surface area contributed by atoms with Crippen LogP contribution < -0.4 is 9.64 Å². The van der Waals surface area contributed by atoms with E-state index in [1.807, 2.05) is 53.4 Å². The number of aromatic amines is 1. The number of H-pyrrole nitrogens is 1. The zero-order valence-electron chi connectivity index (χ0n) is 16.4. The van der Waals surface area contributed by atoms with Gasteiger partial charge in [-0.15, -0.1) is 0 Å². The van der Waals surface area contributed by atoms with E-state index >= 15 is 0 Å². The average molecular weight is 389 g/mol. The molecule has 1 fully saturated rings. The van der Waals surface area contributed by atoms with Crippen LogP contribution in [0.25, 0.3) is 10.9 Å². The molecule has 1 aromatic heterocycles. The van der Waals surface area contributed by atoms with E-state index in [4.69, 9.17) is 4.74 Å². The minimum Gasteiger partial charge on any atom is -0.497 e. The summed E-state index contributed by atoms with van der Waals surface area (Å²) in [5.41, 5.74) is 4.27. The number of fused-ring (bicyclic) bond motifs is 3. The van der Waals surface area contributed by atoms with Crippen LogP contribution in [0.2, 0.25) is 0 Å². The van der Waals surface area contributed by atoms with E-state index in [0.29, 0.717) is 19.6 Å². The van der Waals surface area contributed by atoms with Crippen LogP contribution in [0.3, 0.4) is 0 Å². The molecule has 29 heavy (non-hydrogen) atoms. The molecule has 5 rings (SSSR count). The molecule has 2 aliphatic rings. The summed E-state index contributed by atoms with van der Waals surface area (Å²) in [4.78, 5) is 32.8. The number of benzene rings is 2. The highest BCUT2D eigenvalue weighted by atomic mass is 16.5. The normalized spacial score (nSPS) is 18.9. The third kappa shape index (κ3) is 3.05. The second kappa shape index (κ2) is 6.95. The predicted octanol–water partition coefficient (Wildman–Crippen LogP) is 3.11. The zero-order valence-corrected chi connectivity index (χ0v) is 16.4. The van der Waals surface area contributed by atoms with Crippen molar-refractivity contribution in [2.24, 2.45) is 5.92 Å². The molecule has 3 aromatic rings. The van der Waals surface area contributed by atoms with Crippen LogP contribution in [0.15, 0.2) is 48.5 Å². The van der Waals surface area contributed by atoms with Crippen molar-refractivity contribution in [3.05, 3.63) is 59.8 Å². The molecule has 0 spiro atoms. The largest absolute Gasteiger partial charge is 0.497 e. The third-order valence-electron chi connectivity index (χ3n) is 6.04. The standard InChI is InChI=1S/C23H23N3O3/c1-29-17-7-8-20-18(12-17)19-14-25(10-9-21(19)24-20)23(28)15-11-22(27)26(13-15)16-5-3-2-4-6-16/h2-8,12,15,24H,9-11,13-14H2,1H3. The second-order valence-corrected chi connectivity index (χ2v) is 7.74. The van der Waals surface area contributed by atoms with Crippen LogP contribution in [-0.4, -0.2) is 41.9 Å². The highest BCUT2D eigenvalue weighted by Crippen LogP contribution is 2.32. The summed E-state index contributed by atoms with van der Waals surface area (Å²) in [5, 5.41) is 1.10. The van der Waals surface area contributed by atoms with Gasteiger partial charge in [-0.3, -0.25) is 9.59 Å². The lowest BCUT2D eigenvalue weighted by atomic mass is 10.0. The summed E-state index contributed by atoms with van der Waals surface area (Å²) in [6.07, 6.45) is 1.07. The van der Waals surface area contributed by atoms with Crippen LogP contribution in [0.5, 0.6) is 5.75 Å². The topological polar surface area (TPSA) is 65.6 Å². The van der Waals surface area contributed by atoms with E-state index in [0.717, 1.165) is 34.3 Å². The lowest BCUT2D eigenvalue weighted by Gasteiger charge is -2.29. The van der Waals surface area contributed by atoms with Gasteiger partial charge >= 0.3 is 0 Å². The summed E-state index contributed by atoms with van der Waals surface area (Å²) in [7, 11) is 1.66. The Labute approximate surface area is 169 Å². The van der Waals surface area contributed by atoms with E-state index in [-0.39, 0.29) is 24.2 Å². The van der Waals surface area contributed by atoms with E-state index in [1.165, 1.54) is 5.69 Å². The summed E-state index contributed by atoms with van der Waals surface area (Å²) in [5.74, 6) is 0.607. The Morgan fingerprint density at radius 1 is 1.17 bits per heavy atom. The Kier molecular flexibility index (Phi) is 4.27. The number of rotatable bonds is 3. The second-order valence-electron chi connectivity index (χ2n) is 7.74. The molecular formula is C23H23N3O3. The number of ether oxygens (including phenoxy) is 1. The number of aromatic nitrogens is 1. The highest BCUT2D eigenvalue weighted by molar-refractivity contribution is 6.00. The third-order valence-corrected chi connectivity index (χ3v) is 6.04. The molecule has 6 nitrogen and oxygen atoms in total. The maximum atomic E-state index is 13.2. The maximum Gasteiger partial charge on any atom is 0.228 e. The minimum atomic E-state index is -0.288. The smallest absolute Gasteiger partial charge is 0.228 e. The number of anilines is 1. The number of nitrogens with zero attached hydrogens (tertiary/aromatic N) is 2. The number of carbonyl (C=O) groups is 2. The molecule has 3 heterocycles. The van der Waals surface area contributed by atoms with Crippen molar-refractivity contribution in [3.8, 4) is 5.75 Å². The van der Waals surface area contributed by atoms with Crippen molar-refractivity contribution < 1.29 is 14.3 Å². The number of hydrogen-bond acceptors (Lipinski definition) is 3. The van der Waals surface area contributed by atoms with Crippen LogP contribution in [0.1, 0.15) is 17.7 Å². The van der Waals surface area contributed by atoms with E-state index in [9.17, 15) is 9.59 Å². The minimum absolute atomic E-state index is 0.0177. The van der Waals surface area contributed by atoms with E-state index in [2.05, 4.69) is 4.98 Å². The predicted molar refractivity (Wildman–Crippen MR) is 111 cm³/mol. The highest BCUT2D eigenvalue weighted by Gasteiger charge is 2.38. The fourth-order valence-corrected chi connectivity index (χ4v) is 4.50. The molecular weight excluding hydrogens is 366 g/mol. The lowest BCUT2D eigenvalue weighted by molar-refractivity contribution is -0.136. The number of carbonyl (C=O) groups excluding carboxylic acids is 2. The summed E-state index contributed by atoms with van der Waals surface area (Å²) in [6.45, 7) is 1.69. The van der Waals surface area contributed by atoms with Crippen LogP contribution >= 0.6 is 0 Å². The van der Waals surface area contributed by atoms with Crippen molar-refractivity contribution >= 4 is 28.4 Å². The first kappa shape index (κ1) is 17.8. The quantitative estimate of drug-likeness (QED) is 0.749. The number of nitrogens with one attached hydrogen (secondary N) is 1. The van der Waals surface area contributed by atoms with Crippen LogP contribution in [0.4, 0.5) is 5.69 Å². The summed E-state index contributed by atoms with van der Waals surface area (Å²) < 4.78 is 5.37. The van der Waals surface area contributed by atoms with Crippen molar-refractivity contribution in [3.63, 3.8) is 0 Å². The zero-order chi connectivity index (χ0) is 20.0. The molecule has 0 saturated carbocycles. The van der Waals surface area contributed by atoms with Crippen LogP contribution in [-0.2, 0) is 22.6 Å². The molecule has 1 saturated heterocycles. The van der Waals surface area contributed by atoms with E-state index in [1.54, 1.807) is 12.0 Å². The molecule has 2 aliphatic heterocycles. The molecule has 1 unspecified atom stereocenters. The van der Waals surface area contributed by atoms with Crippen molar-refractivity contribution in [1.82, 2.24) is 9.88 Å². The molecule has 1 N–H and O–H groups in total. The van der Waals surface area contributed by atoms with Crippen molar-refractivity contribution in [1.29, 1.82) is 0 Å². The van der Waals surface area contributed by atoms with Gasteiger partial charge in [0.15, 0.2) is 0 Å². The van der Waals surface area contributed by atoms with Gasteiger partial charge in [-0.2, -0.15) is 0 Å². The van der Waals surface area contributed by atoms with E-state index < -0.39 is 0 Å². The van der Waals surface area contributed by atoms with Crippen molar-refractivity contribution in [2.45, 2.75) is 19.4 Å². The Hall–Kier alpha value is -3.28. The Morgan fingerprint density at radius 3 is 2.79 bits per heavy atom. The molecule has 2 amide bonds. The number of para-hydroxylation sites is 1. The SMILES string of the molecule is COc1ccc2[nH]c3c(c2c1)CN(C(=O)C1CC(=O)N(c2ccccc2)C1)CC3. The maximum absolute atomic E-state index is 13.2. The van der Waals surface area contributed by atoms with Gasteiger partial charge in [0.05, 0.1) is 13.0 Å². The van der Waals surface area contributed by atoms with Gasteiger partial charge in [-0.25, -0.2) is 0 Å². The summed E-state index contributed by atoms with van der Waals surface area (Å²) in [6, 6.07) is 15.6. The fraction of sp³-hybridized carbons (Fsp3) is 0.304. The monoisotopic (exact) mass is 389 g/mol. The molecule has 0 radical (unpaired) electrons. The molecule has 148 valence electrons. The first-order valence-electron chi connectivity index (χ1n) is 9.95. The van der Waals surface area contributed by atoms with Gasteiger partial charge in [-0.05, 0) is 30.3 Å². The molecule has 1 atom stereocenters. The van der Waals surface area contributed by atoms with Gasteiger partial charge in [0.2, 0.25) is 11.8 Å². The number of hydrogen-bond donors (Lipinski definition) is 1. The van der Waals surface area contributed by atoms with Gasteiger partial charge in [0.25, 0.3) is 0 Å². The Bertz CT molecular complexity index is 1090. The average Bonchev–Trinajstić information content (AvgIpc) is 3.33. The molecule has 0 aliphatic carbocycles. The number of amides is 2. The molecule has 6 heteroatoms. The van der Waals surface area contributed by atoms with Gasteiger partial charge in [0, 0.05) is 60.3 Å². The first-order valence-corrected chi connectivity index (χ1v) is 9.95. The van der Waals surface area contributed by atoms with Crippen LogP contribution in [0, 0.1) is 5.92 Å². The van der Waals surface area contributed by atoms with Gasteiger partial charge in [0.1, 0.15) is 5.75 Å². The van der Waals surface area contributed by atoms with Gasteiger partial charge in [-0.1, -0.05) is 18.2 Å². The number of methoxy groups -OCH3 is 1. The Balaban J connectivity index is 1.36. The lowest BCUT2D eigenvalue weighted by Crippen LogP contribution is -2.40. The first-order chi connectivity index (χ1) is 14.1. The summed E-state index contributed by atoms with van der Waals surface area (Å²) >= 11 is 0. The van der Waals surface area contributed by atoms with Crippen molar-refractivity contribution in [2.75, 3.05) is 25.1 Å². The fourth-order valence-electron chi connectivity index (χ4n) is 4.50.